The van der Waals surface area contributed by atoms with Crippen molar-refractivity contribution in [1.29, 1.82) is 0 Å². The lowest BCUT2D eigenvalue weighted by atomic mass is 10.2. The van der Waals surface area contributed by atoms with E-state index in [1.807, 2.05) is 0 Å². The fourth-order valence-corrected chi connectivity index (χ4v) is 4.01. The van der Waals surface area contributed by atoms with Gasteiger partial charge in [-0.25, -0.2) is 13.2 Å². The highest BCUT2D eigenvalue weighted by Gasteiger charge is 2.28. The molecule has 0 unspecified atom stereocenters. The summed E-state index contributed by atoms with van der Waals surface area (Å²) in [5.74, 6) is -1.18. The maximum Gasteiger partial charge on any atom is 0.335 e. The summed E-state index contributed by atoms with van der Waals surface area (Å²) in [6, 6.07) is 3.69. The van der Waals surface area contributed by atoms with Crippen LogP contribution in [-0.4, -0.2) is 50.0 Å². The quantitative estimate of drug-likeness (QED) is 0.869. The summed E-state index contributed by atoms with van der Waals surface area (Å²) in [5, 5.41) is 12.1. The van der Waals surface area contributed by atoms with E-state index < -0.39 is 16.0 Å². The van der Waals surface area contributed by atoms with Crippen LogP contribution in [0.5, 0.6) is 0 Å². The van der Waals surface area contributed by atoms with E-state index in [4.69, 9.17) is 16.7 Å². The summed E-state index contributed by atoms with van der Waals surface area (Å²) in [6.07, 6.45) is 0.704. The molecule has 1 saturated heterocycles. The number of hydrogen-bond acceptors (Lipinski definition) is 4. The summed E-state index contributed by atoms with van der Waals surface area (Å²) in [5.41, 5.74) is -0.0964. The summed E-state index contributed by atoms with van der Waals surface area (Å²) in [4.78, 5) is 10.8. The van der Waals surface area contributed by atoms with Crippen LogP contribution in [0.25, 0.3) is 0 Å². The fraction of sp³-hybridized carbons (Fsp3) is 0.417. The number of carbonyl (C=O) groups is 1. The molecule has 2 rings (SSSR count). The minimum atomic E-state index is -3.77. The van der Waals surface area contributed by atoms with Crippen molar-refractivity contribution in [2.24, 2.45) is 0 Å². The number of carboxylic acids is 1. The molecule has 0 aliphatic carbocycles. The van der Waals surface area contributed by atoms with Gasteiger partial charge >= 0.3 is 5.97 Å². The van der Waals surface area contributed by atoms with Gasteiger partial charge in [0.05, 0.1) is 10.6 Å². The second-order valence-corrected chi connectivity index (χ2v) is 6.77. The summed E-state index contributed by atoms with van der Waals surface area (Å²) < 4.78 is 26.4. The Balaban J connectivity index is 2.42. The first-order valence-electron chi connectivity index (χ1n) is 6.16. The fourth-order valence-electron chi connectivity index (χ4n) is 2.03. The number of nitrogens with zero attached hydrogens (tertiary/aromatic N) is 1. The van der Waals surface area contributed by atoms with E-state index >= 15 is 0 Å². The van der Waals surface area contributed by atoms with Crippen molar-refractivity contribution in [3.63, 3.8) is 0 Å². The zero-order chi connectivity index (χ0) is 14.8. The van der Waals surface area contributed by atoms with Gasteiger partial charge in [0.2, 0.25) is 10.0 Å². The van der Waals surface area contributed by atoms with E-state index in [1.54, 1.807) is 0 Å². The van der Waals surface area contributed by atoms with E-state index in [-0.39, 0.29) is 15.5 Å². The molecule has 0 aromatic heterocycles. The van der Waals surface area contributed by atoms with Crippen molar-refractivity contribution in [2.75, 3.05) is 26.2 Å². The maximum atomic E-state index is 12.6. The number of nitrogens with one attached hydrogen (secondary N) is 1. The Kier molecular flexibility index (Phi) is 4.64. The van der Waals surface area contributed by atoms with E-state index in [2.05, 4.69) is 5.32 Å². The Morgan fingerprint density at radius 1 is 1.30 bits per heavy atom. The minimum Gasteiger partial charge on any atom is -0.478 e. The number of aromatic carboxylic acids is 1. The van der Waals surface area contributed by atoms with Gasteiger partial charge in [0.1, 0.15) is 4.90 Å². The molecule has 0 spiro atoms. The molecule has 1 aliphatic rings. The first kappa shape index (κ1) is 15.2. The van der Waals surface area contributed by atoms with Gasteiger partial charge in [0.15, 0.2) is 0 Å². The van der Waals surface area contributed by atoms with Crippen molar-refractivity contribution in [3.8, 4) is 0 Å². The van der Waals surface area contributed by atoms with Crippen molar-refractivity contribution in [1.82, 2.24) is 9.62 Å². The monoisotopic (exact) mass is 318 g/mol. The smallest absolute Gasteiger partial charge is 0.335 e. The Bertz CT molecular complexity index is 610. The Labute approximate surface area is 122 Å². The molecule has 20 heavy (non-hydrogen) atoms. The minimum absolute atomic E-state index is 0.0345. The molecule has 6 nitrogen and oxygen atoms in total. The average Bonchev–Trinajstić information content (AvgIpc) is 2.68. The van der Waals surface area contributed by atoms with Crippen molar-refractivity contribution >= 4 is 27.6 Å². The predicted octanol–water partition coefficient (Wildman–Crippen LogP) is 1.02. The lowest BCUT2D eigenvalue weighted by Crippen LogP contribution is -2.34. The Hall–Kier alpha value is -1.15. The van der Waals surface area contributed by atoms with Crippen LogP contribution in [-0.2, 0) is 10.0 Å². The normalized spacial score (nSPS) is 17.6. The molecule has 0 radical (unpaired) electrons. The standard InChI is InChI=1S/C12H15ClN2O4S/c13-10-3-2-9(12(16)17)8-11(10)20(18,19)15-6-1-4-14-5-7-15/h2-3,8,14H,1,4-7H2,(H,16,17). The third-order valence-corrected chi connectivity index (χ3v) is 5.48. The van der Waals surface area contributed by atoms with E-state index in [1.165, 1.54) is 16.4 Å². The molecule has 0 saturated carbocycles. The Morgan fingerprint density at radius 3 is 2.75 bits per heavy atom. The van der Waals surface area contributed by atoms with E-state index in [0.717, 1.165) is 12.6 Å². The van der Waals surface area contributed by atoms with Gasteiger partial charge in [-0.1, -0.05) is 11.6 Å². The van der Waals surface area contributed by atoms with Crippen molar-refractivity contribution in [3.05, 3.63) is 28.8 Å². The second kappa shape index (κ2) is 6.09. The SMILES string of the molecule is O=C(O)c1ccc(Cl)c(S(=O)(=O)N2CCCNCC2)c1. The number of rotatable bonds is 3. The van der Waals surface area contributed by atoms with Crippen molar-refractivity contribution in [2.45, 2.75) is 11.3 Å². The van der Waals surface area contributed by atoms with E-state index in [0.29, 0.717) is 26.1 Å². The molecule has 1 aromatic rings. The first-order valence-corrected chi connectivity index (χ1v) is 7.98. The predicted molar refractivity (Wildman–Crippen MR) is 74.7 cm³/mol. The van der Waals surface area contributed by atoms with Gasteiger partial charge in [0, 0.05) is 19.6 Å². The Morgan fingerprint density at radius 2 is 2.05 bits per heavy atom. The molecule has 1 heterocycles. The van der Waals surface area contributed by atoms with Gasteiger partial charge in [-0.15, -0.1) is 0 Å². The van der Waals surface area contributed by atoms with Crippen LogP contribution in [0.4, 0.5) is 0 Å². The van der Waals surface area contributed by atoms with Gasteiger partial charge in [-0.05, 0) is 31.2 Å². The zero-order valence-corrected chi connectivity index (χ0v) is 12.2. The zero-order valence-electron chi connectivity index (χ0n) is 10.7. The average molecular weight is 319 g/mol. The van der Waals surface area contributed by atoms with Gasteiger partial charge in [-0.2, -0.15) is 4.31 Å². The molecule has 0 atom stereocenters. The lowest BCUT2D eigenvalue weighted by Gasteiger charge is -2.20. The molecule has 1 aromatic carbocycles. The van der Waals surface area contributed by atoms with Crippen LogP contribution < -0.4 is 5.32 Å². The summed E-state index contributed by atoms with van der Waals surface area (Å²) in [7, 11) is -3.77. The molecule has 0 bridgehead atoms. The van der Waals surface area contributed by atoms with E-state index in [9.17, 15) is 13.2 Å². The number of halogens is 1. The largest absolute Gasteiger partial charge is 0.478 e. The second-order valence-electron chi connectivity index (χ2n) is 4.46. The first-order chi connectivity index (χ1) is 9.43. The maximum absolute atomic E-state index is 12.6. The topological polar surface area (TPSA) is 86.7 Å². The summed E-state index contributed by atoms with van der Waals surface area (Å²) in [6.45, 7) is 2.06. The molecule has 8 heteroatoms. The van der Waals surface area contributed by atoms with Gasteiger partial charge in [0.25, 0.3) is 0 Å². The molecular formula is C12H15ClN2O4S. The van der Waals surface area contributed by atoms with Gasteiger partial charge in [-0.3, -0.25) is 0 Å². The van der Waals surface area contributed by atoms with Crippen molar-refractivity contribution < 1.29 is 18.3 Å². The molecule has 2 N–H and O–H groups in total. The van der Waals surface area contributed by atoms with Crippen LogP contribution in [0, 0.1) is 0 Å². The summed E-state index contributed by atoms with van der Waals surface area (Å²) >= 11 is 5.93. The molecule has 0 amide bonds. The molecule has 1 fully saturated rings. The number of carboxylic acid groups (broad SMARTS) is 1. The van der Waals surface area contributed by atoms with Crippen LogP contribution in [0.1, 0.15) is 16.8 Å². The van der Waals surface area contributed by atoms with Crippen LogP contribution in [0.2, 0.25) is 5.02 Å². The highest BCUT2D eigenvalue weighted by molar-refractivity contribution is 7.89. The lowest BCUT2D eigenvalue weighted by molar-refractivity contribution is 0.0696. The molecular weight excluding hydrogens is 304 g/mol. The van der Waals surface area contributed by atoms with Gasteiger partial charge < -0.3 is 10.4 Å². The number of sulfonamides is 1. The molecule has 1 aliphatic heterocycles. The van der Waals surface area contributed by atoms with Crippen LogP contribution >= 0.6 is 11.6 Å². The molecule has 110 valence electrons. The number of hydrogen-bond donors (Lipinski definition) is 2. The number of benzene rings is 1. The highest BCUT2D eigenvalue weighted by atomic mass is 35.5. The van der Waals surface area contributed by atoms with Crippen LogP contribution in [0.3, 0.4) is 0 Å². The highest BCUT2D eigenvalue weighted by Crippen LogP contribution is 2.26. The third-order valence-electron chi connectivity index (χ3n) is 3.10. The van der Waals surface area contributed by atoms with Crippen LogP contribution in [0.15, 0.2) is 23.1 Å². The third kappa shape index (κ3) is 3.12.